The van der Waals surface area contributed by atoms with Gasteiger partial charge in [-0.3, -0.25) is 9.59 Å². The Morgan fingerprint density at radius 2 is 2.00 bits per heavy atom. The number of hydrogen-bond donors (Lipinski definition) is 2. The SMILES string of the molecule is CC(C)(C)[C@H](Nc1nc(-c2cc3ccccc3o2)cs1)C(=O)N1CCC[C@H]1C(=O)NC1CC1. The van der Waals surface area contributed by atoms with Crippen molar-refractivity contribution in [1.29, 1.82) is 0 Å². The number of para-hydroxylation sites is 1. The smallest absolute Gasteiger partial charge is 0.246 e. The van der Waals surface area contributed by atoms with E-state index in [-0.39, 0.29) is 23.3 Å². The highest BCUT2D eigenvalue weighted by molar-refractivity contribution is 7.14. The summed E-state index contributed by atoms with van der Waals surface area (Å²) in [6.07, 6.45) is 3.64. The van der Waals surface area contributed by atoms with Crippen LogP contribution in [0.1, 0.15) is 46.5 Å². The Labute approximate surface area is 197 Å². The number of aromatic nitrogens is 1. The maximum atomic E-state index is 13.6. The molecule has 2 atom stereocenters. The predicted octanol–water partition coefficient (Wildman–Crippen LogP) is 4.65. The zero-order chi connectivity index (χ0) is 23.2. The van der Waals surface area contributed by atoms with Crippen molar-refractivity contribution in [3.8, 4) is 11.5 Å². The Morgan fingerprint density at radius 1 is 1.21 bits per heavy atom. The van der Waals surface area contributed by atoms with Gasteiger partial charge in [-0.2, -0.15) is 0 Å². The molecule has 1 aromatic carbocycles. The number of rotatable bonds is 6. The van der Waals surface area contributed by atoms with Gasteiger partial charge in [-0.1, -0.05) is 39.0 Å². The number of carbonyl (C=O) groups is 2. The molecule has 2 amide bonds. The fourth-order valence-electron chi connectivity index (χ4n) is 4.33. The minimum atomic E-state index is -0.499. The quantitative estimate of drug-likeness (QED) is 0.552. The highest BCUT2D eigenvalue weighted by Crippen LogP contribution is 2.33. The van der Waals surface area contributed by atoms with E-state index in [0.717, 1.165) is 35.9 Å². The summed E-state index contributed by atoms with van der Waals surface area (Å²) in [5.41, 5.74) is 1.20. The largest absolute Gasteiger partial charge is 0.454 e. The first kappa shape index (κ1) is 21.9. The fraction of sp³-hybridized carbons (Fsp3) is 0.480. The fourth-order valence-corrected chi connectivity index (χ4v) is 5.06. The summed E-state index contributed by atoms with van der Waals surface area (Å²) in [7, 11) is 0. The first-order valence-electron chi connectivity index (χ1n) is 11.6. The van der Waals surface area contributed by atoms with Gasteiger partial charge in [0.15, 0.2) is 10.9 Å². The second-order valence-electron chi connectivity index (χ2n) is 10.1. The van der Waals surface area contributed by atoms with Gasteiger partial charge in [0.1, 0.15) is 23.4 Å². The van der Waals surface area contributed by atoms with Crippen molar-refractivity contribution in [2.75, 3.05) is 11.9 Å². The van der Waals surface area contributed by atoms with Crippen molar-refractivity contribution in [1.82, 2.24) is 15.2 Å². The van der Waals surface area contributed by atoms with Crippen LogP contribution in [-0.4, -0.2) is 46.4 Å². The lowest BCUT2D eigenvalue weighted by atomic mass is 9.85. The molecule has 0 unspecified atom stereocenters. The van der Waals surface area contributed by atoms with Crippen LogP contribution < -0.4 is 10.6 Å². The number of fused-ring (bicyclic) bond motifs is 1. The van der Waals surface area contributed by atoms with Gasteiger partial charge in [0.2, 0.25) is 11.8 Å². The molecular formula is C25H30N4O3S. The molecule has 2 N–H and O–H groups in total. The third-order valence-corrected chi connectivity index (χ3v) is 7.10. The van der Waals surface area contributed by atoms with Crippen LogP contribution in [0.5, 0.6) is 0 Å². The Morgan fingerprint density at radius 3 is 2.73 bits per heavy atom. The number of likely N-dealkylation sites (tertiary alicyclic amines) is 1. The monoisotopic (exact) mass is 466 g/mol. The van der Waals surface area contributed by atoms with Gasteiger partial charge in [0, 0.05) is 23.4 Å². The molecule has 7 nitrogen and oxygen atoms in total. The van der Waals surface area contributed by atoms with E-state index in [4.69, 9.17) is 9.40 Å². The van der Waals surface area contributed by atoms with Crippen molar-refractivity contribution < 1.29 is 14.0 Å². The maximum absolute atomic E-state index is 13.6. The zero-order valence-corrected chi connectivity index (χ0v) is 20.1. The van der Waals surface area contributed by atoms with Gasteiger partial charge in [0.05, 0.1) is 0 Å². The summed E-state index contributed by atoms with van der Waals surface area (Å²) < 4.78 is 5.94. The van der Waals surface area contributed by atoms with Gasteiger partial charge in [0.25, 0.3) is 0 Å². The molecule has 174 valence electrons. The maximum Gasteiger partial charge on any atom is 0.246 e. The molecule has 1 saturated heterocycles. The van der Waals surface area contributed by atoms with E-state index in [0.29, 0.717) is 29.9 Å². The molecule has 0 radical (unpaired) electrons. The lowest BCUT2D eigenvalue weighted by Gasteiger charge is -2.35. The van der Waals surface area contributed by atoms with E-state index < -0.39 is 6.04 Å². The summed E-state index contributed by atoms with van der Waals surface area (Å²) in [5, 5.41) is 10.1. The molecule has 33 heavy (non-hydrogen) atoms. The molecule has 0 bridgehead atoms. The third-order valence-electron chi connectivity index (χ3n) is 6.33. The summed E-state index contributed by atoms with van der Waals surface area (Å²) in [6, 6.07) is 9.25. The van der Waals surface area contributed by atoms with Gasteiger partial charge in [-0.15, -0.1) is 11.3 Å². The molecule has 8 heteroatoms. The van der Waals surface area contributed by atoms with Crippen molar-refractivity contribution in [3.05, 3.63) is 35.7 Å². The lowest BCUT2D eigenvalue weighted by Crippen LogP contribution is -2.54. The van der Waals surface area contributed by atoms with E-state index in [1.54, 1.807) is 4.90 Å². The van der Waals surface area contributed by atoms with Crippen LogP contribution in [0.2, 0.25) is 0 Å². The number of benzene rings is 1. The van der Waals surface area contributed by atoms with Crippen LogP contribution in [0.4, 0.5) is 5.13 Å². The lowest BCUT2D eigenvalue weighted by molar-refractivity contribution is -0.140. The minimum absolute atomic E-state index is 0.0163. The van der Waals surface area contributed by atoms with E-state index in [1.165, 1.54) is 11.3 Å². The molecule has 5 rings (SSSR count). The number of nitrogens with zero attached hydrogens (tertiary/aromatic N) is 2. The van der Waals surface area contributed by atoms with Gasteiger partial charge in [-0.05, 0) is 43.2 Å². The molecule has 3 aromatic rings. The van der Waals surface area contributed by atoms with Crippen molar-refractivity contribution >= 4 is 39.3 Å². The number of anilines is 1. The molecule has 0 spiro atoms. The molecule has 1 aliphatic heterocycles. The van der Waals surface area contributed by atoms with Crippen LogP contribution in [0, 0.1) is 5.41 Å². The van der Waals surface area contributed by atoms with E-state index in [2.05, 4.69) is 10.6 Å². The summed E-state index contributed by atoms with van der Waals surface area (Å²) in [4.78, 5) is 32.8. The average Bonchev–Trinajstić information content (AvgIpc) is 3.20. The Hall–Kier alpha value is -2.87. The second-order valence-corrected chi connectivity index (χ2v) is 11.0. The number of furan rings is 1. The van der Waals surface area contributed by atoms with Crippen molar-refractivity contribution in [2.45, 2.75) is 64.6 Å². The van der Waals surface area contributed by atoms with Crippen molar-refractivity contribution in [3.63, 3.8) is 0 Å². The van der Waals surface area contributed by atoms with Gasteiger partial charge >= 0.3 is 0 Å². The minimum Gasteiger partial charge on any atom is -0.454 e. The highest BCUT2D eigenvalue weighted by Gasteiger charge is 2.42. The molecule has 1 aliphatic carbocycles. The number of nitrogens with one attached hydrogen (secondary N) is 2. The summed E-state index contributed by atoms with van der Waals surface area (Å²) >= 11 is 1.45. The number of amides is 2. The van der Waals surface area contributed by atoms with E-state index in [9.17, 15) is 9.59 Å². The van der Waals surface area contributed by atoms with Gasteiger partial charge in [-0.25, -0.2) is 4.98 Å². The molecule has 2 aliphatic rings. The zero-order valence-electron chi connectivity index (χ0n) is 19.3. The first-order valence-corrected chi connectivity index (χ1v) is 12.5. The number of hydrogen-bond acceptors (Lipinski definition) is 6. The highest BCUT2D eigenvalue weighted by atomic mass is 32.1. The van der Waals surface area contributed by atoms with Crippen LogP contribution in [0.3, 0.4) is 0 Å². The van der Waals surface area contributed by atoms with Crippen molar-refractivity contribution in [2.24, 2.45) is 5.41 Å². The van der Waals surface area contributed by atoms with Crippen LogP contribution in [0.15, 0.2) is 40.1 Å². The molecule has 2 fully saturated rings. The number of carbonyl (C=O) groups excluding carboxylic acids is 2. The Kier molecular flexibility index (Phi) is 5.64. The Balaban J connectivity index is 1.34. The topological polar surface area (TPSA) is 87.5 Å². The normalized spacial score (nSPS) is 19.6. The van der Waals surface area contributed by atoms with Crippen LogP contribution in [0.25, 0.3) is 22.4 Å². The predicted molar refractivity (Wildman–Crippen MR) is 130 cm³/mol. The molecule has 3 heterocycles. The van der Waals surface area contributed by atoms with Crippen LogP contribution >= 0.6 is 11.3 Å². The van der Waals surface area contributed by atoms with E-state index in [1.807, 2.05) is 56.5 Å². The molecule has 2 aromatic heterocycles. The molecular weight excluding hydrogens is 436 g/mol. The van der Waals surface area contributed by atoms with Gasteiger partial charge < -0.3 is 20.0 Å². The summed E-state index contributed by atoms with van der Waals surface area (Å²) in [6.45, 7) is 6.71. The second kappa shape index (κ2) is 8.48. The van der Waals surface area contributed by atoms with E-state index >= 15 is 0 Å². The third kappa shape index (κ3) is 4.62. The average molecular weight is 467 g/mol. The summed E-state index contributed by atoms with van der Waals surface area (Å²) in [5.74, 6) is 0.643. The van der Waals surface area contributed by atoms with Crippen LogP contribution in [-0.2, 0) is 9.59 Å². The first-order chi connectivity index (χ1) is 15.8. The standard InChI is InChI=1S/C25H30N4O3S/c1-25(2,3)21(23(31)29-12-6-8-18(29)22(30)26-16-10-11-16)28-24-27-17(14-33-24)20-13-15-7-4-5-9-19(15)32-20/h4-5,7,9,13-14,16,18,21H,6,8,10-12H2,1-3H3,(H,26,30)(H,27,28)/t18-,21+/m0/s1. The Bertz CT molecular complexity index is 1140. The molecule has 1 saturated carbocycles. The number of thiazole rings is 1.